The van der Waals surface area contributed by atoms with E-state index in [1.165, 1.54) is 0 Å². The molecule has 2 amide bonds. The van der Waals surface area contributed by atoms with Crippen LogP contribution in [0.25, 0.3) is 10.8 Å². The van der Waals surface area contributed by atoms with Crippen molar-refractivity contribution in [3.05, 3.63) is 108 Å². The van der Waals surface area contributed by atoms with Crippen molar-refractivity contribution >= 4 is 46.1 Å². The van der Waals surface area contributed by atoms with Gasteiger partial charge in [0.25, 0.3) is 5.91 Å². The number of amides is 2. The summed E-state index contributed by atoms with van der Waals surface area (Å²) in [5, 5.41) is 14.4. The average molecular weight is 542 g/mol. The summed E-state index contributed by atoms with van der Waals surface area (Å²) >= 11 is 0. The van der Waals surface area contributed by atoms with E-state index in [0.29, 0.717) is 34.4 Å². The number of hydrogen-bond acceptors (Lipinski definition) is 8. The van der Waals surface area contributed by atoms with E-state index >= 15 is 0 Å². The van der Waals surface area contributed by atoms with E-state index in [1.807, 2.05) is 12.1 Å². The Morgan fingerprint density at radius 2 is 1.55 bits per heavy atom. The number of nitrogen functional groups attached to an aromatic ring is 1. The summed E-state index contributed by atoms with van der Waals surface area (Å²) < 4.78 is 9.83. The van der Waals surface area contributed by atoms with Crippen LogP contribution in [0.5, 0.6) is 0 Å². The highest BCUT2D eigenvalue weighted by Gasteiger charge is 2.12. The number of nitrogens with one attached hydrogen (secondary N) is 4. The van der Waals surface area contributed by atoms with Gasteiger partial charge in [-0.1, -0.05) is 60.7 Å². The SMILES string of the molecule is N=C(N)c1ccc(CNC(=O)c2cccc3cc(NOC(=O)OCCOC(=O)Nc4ccccc4)ccc23)cc1. The molecule has 0 aromatic heterocycles. The van der Waals surface area contributed by atoms with E-state index in [4.69, 9.17) is 25.5 Å². The maximum Gasteiger partial charge on any atom is 0.533 e. The Bertz CT molecular complexity index is 1510. The number of carbonyl (C=O) groups excluding carboxylic acids is 3. The molecule has 6 N–H and O–H groups in total. The van der Waals surface area contributed by atoms with Gasteiger partial charge in [-0.3, -0.25) is 15.5 Å². The van der Waals surface area contributed by atoms with Crippen molar-refractivity contribution in [1.29, 1.82) is 5.41 Å². The van der Waals surface area contributed by atoms with Gasteiger partial charge in [0.1, 0.15) is 19.0 Å². The molecule has 11 nitrogen and oxygen atoms in total. The molecule has 0 heterocycles. The first-order valence-electron chi connectivity index (χ1n) is 12.2. The van der Waals surface area contributed by atoms with Crippen LogP contribution in [0.2, 0.25) is 0 Å². The summed E-state index contributed by atoms with van der Waals surface area (Å²) in [6, 6.07) is 26.3. The molecule has 0 aliphatic heterocycles. The van der Waals surface area contributed by atoms with Crippen LogP contribution in [0.3, 0.4) is 0 Å². The Morgan fingerprint density at radius 1 is 0.800 bits per heavy atom. The third-order valence-corrected chi connectivity index (χ3v) is 5.65. The standard InChI is InChI=1S/C29H27N5O6/c30-26(31)20-11-9-19(10-12-20)18-32-27(35)25-8-4-5-21-17-23(13-14-24(21)25)34-40-29(37)39-16-15-38-28(36)33-22-6-2-1-3-7-22/h1-14,17,34H,15-16,18H2,(H3,30,31)(H,32,35)(H,33,36). The maximum atomic E-state index is 12.9. The highest BCUT2D eigenvalue weighted by Crippen LogP contribution is 2.23. The van der Waals surface area contributed by atoms with Crippen LogP contribution < -0.4 is 21.8 Å². The largest absolute Gasteiger partial charge is 0.533 e. The van der Waals surface area contributed by atoms with Crippen LogP contribution in [0, 0.1) is 5.41 Å². The monoisotopic (exact) mass is 541 g/mol. The van der Waals surface area contributed by atoms with Gasteiger partial charge < -0.3 is 25.4 Å². The number of hydrogen-bond donors (Lipinski definition) is 5. The van der Waals surface area contributed by atoms with E-state index < -0.39 is 12.2 Å². The molecule has 0 aliphatic rings. The maximum absolute atomic E-state index is 12.9. The van der Waals surface area contributed by atoms with Gasteiger partial charge in [0.15, 0.2) is 0 Å². The number of anilines is 2. The van der Waals surface area contributed by atoms with Crippen molar-refractivity contribution in [3.63, 3.8) is 0 Å². The minimum Gasteiger partial charge on any atom is -0.446 e. The molecule has 0 fully saturated rings. The van der Waals surface area contributed by atoms with Crippen molar-refractivity contribution in [2.24, 2.45) is 5.73 Å². The molecule has 0 radical (unpaired) electrons. The molecule has 204 valence electrons. The van der Waals surface area contributed by atoms with Gasteiger partial charge in [0.2, 0.25) is 0 Å². The topological polar surface area (TPSA) is 165 Å². The zero-order valence-electron chi connectivity index (χ0n) is 21.3. The quantitative estimate of drug-likeness (QED) is 0.0629. The number of para-hydroxylation sites is 1. The minimum absolute atomic E-state index is 0.0160. The van der Waals surface area contributed by atoms with Crippen LogP contribution >= 0.6 is 0 Å². The van der Waals surface area contributed by atoms with Gasteiger partial charge in [-0.25, -0.2) is 15.1 Å². The zero-order valence-corrected chi connectivity index (χ0v) is 21.3. The van der Waals surface area contributed by atoms with Crippen LogP contribution in [0.4, 0.5) is 21.0 Å². The lowest BCUT2D eigenvalue weighted by molar-refractivity contribution is 0.0532. The third kappa shape index (κ3) is 7.71. The zero-order chi connectivity index (χ0) is 28.3. The molecule has 4 aromatic rings. The van der Waals surface area contributed by atoms with Crippen LogP contribution in [0.1, 0.15) is 21.5 Å². The molecular formula is C29H27N5O6. The lowest BCUT2D eigenvalue weighted by Crippen LogP contribution is -2.23. The van der Waals surface area contributed by atoms with Gasteiger partial charge in [-0.15, -0.1) is 0 Å². The fourth-order valence-electron chi connectivity index (χ4n) is 3.69. The number of benzene rings is 4. The lowest BCUT2D eigenvalue weighted by Gasteiger charge is -2.11. The van der Waals surface area contributed by atoms with Crippen molar-refractivity contribution in [2.45, 2.75) is 6.54 Å². The first-order valence-corrected chi connectivity index (χ1v) is 12.2. The van der Waals surface area contributed by atoms with E-state index in [9.17, 15) is 14.4 Å². The van der Waals surface area contributed by atoms with Crippen LogP contribution in [-0.4, -0.2) is 37.2 Å². The van der Waals surface area contributed by atoms with Crippen LogP contribution in [0.15, 0.2) is 91.0 Å². The highest BCUT2D eigenvalue weighted by atomic mass is 16.8. The fraction of sp³-hybridized carbons (Fsp3) is 0.103. The average Bonchev–Trinajstić information content (AvgIpc) is 2.97. The second-order valence-corrected chi connectivity index (χ2v) is 8.46. The van der Waals surface area contributed by atoms with E-state index in [1.54, 1.807) is 78.9 Å². The van der Waals surface area contributed by atoms with Gasteiger partial charge in [-0.2, -0.15) is 0 Å². The molecule has 0 bridgehead atoms. The summed E-state index contributed by atoms with van der Waals surface area (Å²) in [6.45, 7) is -0.0379. The third-order valence-electron chi connectivity index (χ3n) is 5.65. The Morgan fingerprint density at radius 3 is 2.30 bits per heavy atom. The Labute approximate surface area is 229 Å². The first kappa shape index (κ1) is 27.5. The second kappa shape index (κ2) is 13.3. The fourth-order valence-corrected chi connectivity index (χ4v) is 3.69. The van der Waals surface area contributed by atoms with Gasteiger partial charge in [-0.05, 0) is 46.7 Å². The molecule has 0 saturated carbocycles. The lowest BCUT2D eigenvalue weighted by atomic mass is 10.0. The number of ether oxygens (including phenoxy) is 2. The van der Waals surface area contributed by atoms with Gasteiger partial charge in [0.05, 0.1) is 5.69 Å². The highest BCUT2D eigenvalue weighted by molar-refractivity contribution is 6.07. The van der Waals surface area contributed by atoms with Crippen LogP contribution in [-0.2, 0) is 20.9 Å². The second-order valence-electron chi connectivity index (χ2n) is 8.46. The molecule has 0 atom stereocenters. The first-order chi connectivity index (χ1) is 19.4. The van der Waals surface area contributed by atoms with Crippen molar-refractivity contribution < 1.29 is 28.7 Å². The molecule has 0 aliphatic carbocycles. The number of rotatable bonds is 10. The summed E-state index contributed by atoms with van der Waals surface area (Å²) in [5.41, 5.74) is 11.0. The molecule has 0 saturated heterocycles. The predicted molar refractivity (Wildman–Crippen MR) is 150 cm³/mol. The van der Waals surface area contributed by atoms with E-state index in [2.05, 4.69) is 16.1 Å². The molecule has 4 aromatic carbocycles. The van der Waals surface area contributed by atoms with E-state index in [-0.39, 0.29) is 25.0 Å². The summed E-state index contributed by atoms with van der Waals surface area (Å²) in [4.78, 5) is 41.4. The van der Waals surface area contributed by atoms with E-state index in [0.717, 1.165) is 10.9 Å². The van der Waals surface area contributed by atoms with Crippen molar-refractivity contribution in [3.8, 4) is 0 Å². The smallest absolute Gasteiger partial charge is 0.446 e. The predicted octanol–water partition coefficient (Wildman–Crippen LogP) is 4.78. The molecule has 0 unspecified atom stereocenters. The molecular weight excluding hydrogens is 514 g/mol. The molecule has 40 heavy (non-hydrogen) atoms. The Balaban J connectivity index is 1.23. The summed E-state index contributed by atoms with van der Waals surface area (Å²) in [7, 11) is 0. The van der Waals surface area contributed by atoms with Crippen molar-refractivity contribution in [2.75, 3.05) is 24.0 Å². The number of fused-ring (bicyclic) bond motifs is 1. The Kier molecular flexibility index (Phi) is 9.12. The minimum atomic E-state index is -1.00. The number of nitrogens with two attached hydrogens (primary N) is 1. The normalized spacial score (nSPS) is 10.3. The number of carbonyl (C=O) groups is 3. The van der Waals surface area contributed by atoms with Gasteiger partial charge in [0, 0.05) is 23.4 Å². The molecule has 0 spiro atoms. The summed E-state index contributed by atoms with van der Waals surface area (Å²) in [5.74, 6) is -0.265. The number of amidine groups is 1. The van der Waals surface area contributed by atoms with Crippen molar-refractivity contribution in [1.82, 2.24) is 5.32 Å². The van der Waals surface area contributed by atoms with Gasteiger partial charge >= 0.3 is 12.2 Å². The molecule has 11 heteroatoms. The summed E-state index contributed by atoms with van der Waals surface area (Å²) in [6.07, 6.45) is -1.68. The Hall–Kier alpha value is -5.58. The molecule has 4 rings (SSSR count).